The average molecular weight is 365 g/mol. The summed E-state index contributed by atoms with van der Waals surface area (Å²) in [4.78, 5) is 4.27. The van der Waals surface area contributed by atoms with Crippen molar-refractivity contribution in [3.8, 4) is 0 Å². The molecule has 26 heavy (non-hydrogen) atoms. The quantitative estimate of drug-likeness (QED) is 0.378. The summed E-state index contributed by atoms with van der Waals surface area (Å²) in [5, 5.41) is 15.5. The normalized spacial score (nSPS) is 15.0. The molecule has 7 heteroatoms. The van der Waals surface area contributed by atoms with Crippen molar-refractivity contribution in [3.05, 3.63) is 11.6 Å². The number of hydrogen-bond donors (Lipinski definition) is 2. The van der Waals surface area contributed by atoms with Crippen LogP contribution in [-0.2, 0) is 24.1 Å². The summed E-state index contributed by atoms with van der Waals surface area (Å²) in [5.41, 5.74) is 0. The third kappa shape index (κ3) is 7.32. The molecular formula is C19H36N6O. The highest BCUT2D eigenvalue weighted by molar-refractivity contribution is 5.79. The van der Waals surface area contributed by atoms with Crippen molar-refractivity contribution in [2.45, 2.75) is 65.3 Å². The topological polar surface area (TPSA) is 76.4 Å². The Morgan fingerprint density at radius 3 is 2.73 bits per heavy atom. The maximum atomic E-state index is 5.59. The van der Waals surface area contributed by atoms with E-state index in [4.69, 9.17) is 4.74 Å². The lowest BCUT2D eigenvalue weighted by Gasteiger charge is -2.12. The smallest absolute Gasteiger partial charge is 0.190 e. The van der Waals surface area contributed by atoms with E-state index in [1.807, 2.05) is 7.05 Å². The summed E-state index contributed by atoms with van der Waals surface area (Å²) in [5.74, 6) is 3.75. The van der Waals surface area contributed by atoms with E-state index in [1.54, 1.807) is 0 Å². The van der Waals surface area contributed by atoms with Gasteiger partial charge in [-0.05, 0) is 31.6 Å². The molecule has 148 valence electrons. The van der Waals surface area contributed by atoms with E-state index in [0.717, 1.165) is 70.3 Å². The van der Waals surface area contributed by atoms with Gasteiger partial charge < -0.3 is 19.9 Å². The zero-order chi connectivity index (χ0) is 18.6. The van der Waals surface area contributed by atoms with Crippen molar-refractivity contribution >= 4 is 5.96 Å². The predicted molar refractivity (Wildman–Crippen MR) is 106 cm³/mol. The molecule has 0 radical (unpaired) electrons. The molecule has 0 fully saturated rings. The molecule has 0 atom stereocenters. The van der Waals surface area contributed by atoms with Crippen molar-refractivity contribution in [3.63, 3.8) is 0 Å². The number of ether oxygens (including phenoxy) is 1. The number of hydrogen-bond acceptors (Lipinski definition) is 4. The van der Waals surface area contributed by atoms with Crippen LogP contribution in [0.25, 0.3) is 0 Å². The number of aromatic nitrogens is 3. The SMILES string of the molecule is CN=C(NCCCOCC(C)C)NCCCc1nnc2n1CCCCC2. The minimum Gasteiger partial charge on any atom is -0.381 e. The first-order valence-electron chi connectivity index (χ1n) is 10.1. The number of aliphatic imine (C=N–C) groups is 1. The van der Waals surface area contributed by atoms with E-state index in [0.29, 0.717) is 5.92 Å². The predicted octanol–water partition coefficient (Wildman–Crippen LogP) is 2.16. The van der Waals surface area contributed by atoms with E-state index >= 15 is 0 Å². The average Bonchev–Trinajstić information content (AvgIpc) is 2.86. The van der Waals surface area contributed by atoms with Crippen LogP contribution >= 0.6 is 0 Å². The Labute approximate surface area is 158 Å². The van der Waals surface area contributed by atoms with E-state index < -0.39 is 0 Å². The Hall–Kier alpha value is -1.63. The Morgan fingerprint density at radius 2 is 1.96 bits per heavy atom. The summed E-state index contributed by atoms with van der Waals surface area (Å²) >= 11 is 0. The highest BCUT2D eigenvalue weighted by atomic mass is 16.5. The Kier molecular flexibility index (Phi) is 9.45. The molecule has 2 N–H and O–H groups in total. The first-order valence-corrected chi connectivity index (χ1v) is 10.1. The Bertz CT molecular complexity index is 540. The molecule has 2 heterocycles. The fourth-order valence-electron chi connectivity index (χ4n) is 3.10. The Morgan fingerprint density at radius 1 is 1.15 bits per heavy atom. The van der Waals surface area contributed by atoms with Crippen LogP contribution in [0.2, 0.25) is 0 Å². The van der Waals surface area contributed by atoms with Gasteiger partial charge in [-0.25, -0.2) is 0 Å². The molecule has 0 aromatic carbocycles. The molecule has 1 aliphatic heterocycles. The van der Waals surface area contributed by atoms with Crippen LogP contribution in [0.15, 0.2) is 4.99 Å². The zero-order valence-corrected chi connectivity index (χ0v) is 16.8. The van der Waals surface area contributed by atoms with Gasteiger partial charge in [0, 0.05) is 52.7 Å². The molecule has 0 bridgehead atoms. The van der Waals surface area contributed by atoms with Gasteiger partial charge >= 0.3 is 0 Å². The van der Waals surface area contributed by atoms with Gasteiger partial charge in [0.1, 0.15) is 11.6 Å². The molecule has 7 nitrogen and oxygen atoms in total. The monoisotopic (exact) mass is 364 g/mol. The lowest BCUT2D eigenvalue weighted by Crippen LogP contribution is -2.38. The van der Waals surface area contributed by atoms with Crippen LogP contribution in [0.3, 0.4) is 0 Å². The van der Waals surface area contributed by atoms with Gasteiger partial charge in [-0.3, -0.25) is 4.99 Å². The van der Waals surface area contributed by atoms with Crippen LogP contribution in [0, 0.1) is 5.92 Å². The van der Waals surface area contributed by atoms with Gasteiger partial charge in [-0.15, -0.1) is 10.2 Å². The standard InChI is InChI=1S/C19H36N6O/c1-16(2)15-26-14-8-12-22-19(20-3)21-11-7-10-18-24-23-17-9-5-4-6-13-25(17)18/h16H,4-15H2,1-3H3,(H2,20,21,22). The number of nitrogens with one attached hydrogen (secondary N) is 2. The molecule has 0 unspecified atom stereocenters. The largest absolute Gasteiger partial charge is 0.381 e. The summed E-state index contributed by atoms with van der Waals surface area (Å²) in [6.07, 6.45) is 7.82. The third-order valence-corrected chi connectivity index (χ3v) is 4.49. The van der Waals surface area contributed by atoms with Crippen molar-refractivity contribution in [1.82, 2.24) is 25.4 Å². The van der Waals surface area contributed by atoms with Crippen molar-refractivity contribution in [1.29, 1.82) is 0 Å². The lowest BCUT2D eigenvalue weighted by atomic mass is 10.2. The molecular weight excluding hydrogens is 328 g/mol. The molecule has 2 rings (SSSR count). The first-order chi connectivity index (χ1) is 12.7. The maximum Gasteiger partial charge on any atom is 0.190 e. The molecule has 0 aliphatic carbocycles. The third-order valence-electron chi connectivity index (χ3n) is 4.49. The minimum absolute atomic E-state index is 0.595. The van der Waals surface area contributed by atoms with Gasteiger partial charge in [0.05, 0.1) is 0 Å². The highest BCUT2D eigenvalue weighted by Gasteiger charge is 2.14. The second kappa shape index (κ2) is 11.9. The maximum absolute atomic E-state index is 5.59. The Balaban J connectivity index is 1.59. The summed E-state index contributed by atoms with van der Waals surface area (Å²) in [6, 6.07) is 0. The summed E-state index contributed by atoms with van der Waals surface area (Å²) < 4.78 is 7.92. The number of guanidine groups is 1. The molecule has 0 amide bonds. The number of nitrogens with zero attached hydrogens (tertiary/aromatic N) is 4. The van der Waals surface area contributed by atoms with Crippen LogP contribution < -0.4 is 10.6 Å². The van der Waals surface area contributed by atoms with Crippen LogP contribution in [0.4, 0.5) is 0 Å². The highest BCUT2D eigenvalue weighted by Crippen LogP contribution is 2.15. The zero-order valence-electron chi connectivity index (χ0n) is 16.8. The number of aryl methyl sites for hydroxylation is 2. The van der Waals surface area contributed by atoms with Gasteiger partial charge in [0.25, 0.3) is 0 Å². The van der Waals surface area contributed by atoms with E-state index in [1.165, 1.54) is 25.1 Å². The molecule has 0 saturated heterocycles. The first kappa shape index (κ1) is 20.7. The summed E-state index contributed by atoms with van der Waals surface area (Å²) in [6.45, 7) is 8.79. The van der Waals surface area contributed by atoms with Crippen LogP contribution in [-0.4, -0.2) is 54.1 Å². The van der Waals surface area contributed by atoms with Gasteiger partial charge in [0.15, 0.2) is 5.96 Å². The second-order valence-corrected chi connectivity index (χ2v) is 7.35. The number of rotatable bonds is 10. The van der Waals surface area contributed by atoms with E-state index in [-0.39, 0.29) is 0 Å². The minimum atomic E-state index is 0.595. The molecule has 0 spiro atoms. The van der Waals surface area contributed by atoms with E-state index in [9.17, 15) is 0 Å². The number of fused-ring (bicyclic) bond motifs is 1. The fraction of sp³-hybridized carbons (Fsp3) is 0.842. The lowest BCUT2D eigenvalue weighted by molar-refractivity contribution is 0.108. The van der Waals surface area contributed by atoms with Crippen LogP contribution in [0.1, 0.15) is 57.6 Å². The molecule has 1 aromatic heterocycles. The molecule has 0 saturated carbocycles. The summed E-state index contributed by atoms with van der Waals surface area (Å²) in [7, 11) is 1.81. The van der Waals surface area contributed by atoms with Crippen LogP contribution in [0.5, 0.6) is 0 Å². The molecule has 1 aliphatic rings. The van der Waals surface area contributed by atoms with E-state index in [2.05, 4.69) is 44.2 Å². The van der Waals surface area contributed by atoms with Gasteiger partial charge in [0.2, 0.25) is 0 Å². The van der Waals surface area contributed by atoms with Crippen molar-refractivity contribution < 1.29 is 4.74 Å². The van der Waals surface area contributed by atoms with Gasteiger partial charge in [-0.2, -0.15) is 0 Å². The molecule has 1 aromatic rings. The van der Waals surface area contributed by atoms with Crippen molar-refractivity contribution in [2.24, 2.45) is 10.9 Å². The fourth-order valence-corrected chi connectivity index (χ4v) is 3.10. The second-order valence-electron chi connectivity index (χ2n) is 7.35. The van der Waals surface area contributed by atoms with Gasteiger partial charge in [-0.1, -0.05) is 20.3 Å². The van der Waals surface area contributed by atoms with Crippen molar-refractivity contribution in [2.75, 3.05) is 33.4 Å².